The van der Waals surface area contributed by atoms with Crippen molar-refractivity contribution in [3.63, 3.8) is 0 Å². The number of carbonyl (C=O) groups is 2. The fraction of sp³-hybridized carbons (Fsp3) is 0.417. The highest BCUT2D eigenvalue weighted by Crippen LogP contribution is 2.26. The lowest BCUT2D eigenvalue weighted by Crippen LogP contribution is -2.37. The number of hydrogen-bond acceptors (Lipinski definition) is 4. The molecule has 0 atom stereocenters. The van der Waals surface area contributed by atoms with Crippen LogP contribution in [0.15, 0.2) is 42.5 Å². The minimum absolute atomic E-state index is 0.0267. The van der Waals surface area contributed by atoms with Crippen LogP contribution >= 0.6 is 0 Å². The van der Waals surface area contributed by atoms with Gasteiger partial charge in [-0.15, -0.1) is 0 Å². The molecule has 2 aromatic rings. The van der Waals surface area contributed by atoms with Crippen molar-refractivity contribution in [3.05, 3.63) is 53.8 Å². The van der Waals surface area contributed by atoms with Crippen LogP contribution in [0.3, 0.4) is 0 Å². The lowest BCUT2D eigenvalue weighted by atomic mass is 9.85. The van der Waals surface area contributed by atoms with Crippen LogP contribution in [0.25, 0.3) is 11.1 Å². The monoisotopic (exact) mass is 484 g/mol. The number of methoxy groups -OCH3 is 1. The molecule has 1 aliphatic carbocycles. The molecule has 34 heavy (non-hydrogen) atoms. The summed E-state index contributed by atoms with van der Waals surface area (Å²) in [5.41, 5.74) is 2.40. The Morgan fingerprint density at radius 2 is 1.59 bits per heavy atom. The molecule has 6 nitrogen and oxygen atoms in total. The van der Waals surface area contributed by atoms with Gasteiger partial charge >= 0.3 is 12.1 Å². The predicted octanol–water partition coefficient (Wildman–Crippen LogP) is 4.53. The molecule has 10 heteroatoms. The first-order valence-electron chi connectivity index (χ1n) is 10.7. The van der Waals surface area contributed by atoms with E-state index in [1.54, 1.807) is 19.2 Å². The highest BCUT2D eigenvalue weighted by Gasteiger charge is 2.38. The Morgan fingerprint density at radius 1 is 1.03 bits per heavy atom. The summed E-state index contributed by atoms with van der Waals surface area (Å²) in [6, 6.07) is 13.1. The second-order valence-electron chi connectivity index (χ2n) is 7.89. The van der Waals surface area contributed by atoms with Gasteiger partial charge in [0.15, 0.2) is 0 Å². The van der Waals surface area contributed by atoms with Crippen molar-refractivity contribution in [2.75, 3.05) is 14.2 Å². The normalized spacial score (nSPS) is 17.8. The highest BCUT2D eigenvalue weighted by molar-refractivity contribution is 5.78. The molecule has 0 unspecified atom stereocenters. The maximum atomic E-state index is 14.2. The van der Waals surface area contributed by atoms with Crippen LogP contribution in [0.4, 0.5) is 17.6 Å². The van der Waals surface area contributed by atoms with E-state index < -0.39 is 12.1 Å². The summed E-state index contributed by atoms with van der Waals surface area (Å²) in [6.07, 6.45) is -1.30. The average Bonchev–Trinajstić information content (AvgIpc) is 2.83. The molecule has 0 aliphatic heterocycles. The number of nitrogens with one attached hydrogen (secondary N) is 2. The van der Waals surface area contributed by atoms with Crippen LogP contribution < -0.4 is 15.4 Å². The standard InChI is InChI=1S/C22H27FN2O2.C2HF3O2/c1-24-19-8-3-16(4-9-19)22(26)25-14-18-13-17(7-12-21(18)23)15-5-10-20(27-2)11-6-15;3-2(4,5)1(6)7/h5-7,10-13,16,19,24H,3-4,8-9,14H2,1-2H3,(H,25,26);(H,6,7). The molecule has 0 spiro atoms. The number of benzene rings is 2. The van der Waals surface area contributed by atoms with Gasteiger partial charge in [0.1, 0.15) is 11.6 Å². The van der Waals surface area contributed by atoms with E-state index in [-0.39, 0.29) is 24.2 Å². The van der Waals surface area contributed by atoms with Gasteiger partial charge < -0.3 is 20.5 Å². The van der Waals surface area contributed by atoms with Crippen LogP contribution in [-0.2, 0) is 16.1 Å². The van der Waals surface area contributed by atoms with E-state index in [9.17, 15) is 22.4 Å². The Labute approximate surface area is 195 Å². The van der Waals surface area contributed by atoms with Gasteiger partial charge in [0.05, 0.1) is 7.11 Å². The largest absolute Gasteiger partial charge is 0.497 e. The van der Waals surface area contributed by atoms with Crippen LogP contribution in [0.2, 0.25) is 0 Å². The summed E-state index contributed by atoms with van der Waals surface area (Å²) in [4.78, 5) is 21.3. The third-order valence-electron chi connectivity index (χ3n) is 5.67. The van der Waals surface area contributed by atoms with Crippen molar-refractivity contribution < 1.29 is 37.0 Å². The smallest absolute Gasteiger partial charge is 0.490 e. The molecule has 1 saturated carbocycles. The van der Waals surface area contributed by atoms with Gasteiger partial charge in [-0.2, -0.15) is 13.2 Å². The second kappa shape index (κ2) is 12.4. The molecule has 0 aromatic heterocycles. The predicted molar refractivity (Wildman–Crippen MR) is 119 cm³/mol. The van der Waals surface area contributed by atoms with Crippen LogP contribution in [0, 0.1) is 11.7 Å². The number of halogens is 4. The van der Waals surface area contributed by atoms with Crippen LogP contribution in [-0.4, -0.2) is 43.4 Å². The minimum atomic E-state index is -5.08. The van der Waals surface area contributed by atoms with E-state index in [0.29, 0.717) is 11.6 Å². The molecule has 1 fully saturated rings. The number of alkyl halides is 3. The molecule has 0 bridgehead atoms. The van der Waals surface area contributed by atoms with Gasteiger partial charge in [-0.3, -0.25) is 4.79 Å². The van der Waals surface area contributed by atoms with E-state index in [0.717, 1.165) is 42.6 Å². The molecule has 3 rings (SSSR count). The molecule has 0 saturated heterocycles. The number of aliphatic carboxylic acids is 1. The third kappa shape index (κ3) is 8.02. The fourth-order valence-electron chi connectivity index (χ4n) is 3.64. The molecule has 2 aromatic carbocycles. The maximum absolute atomic E-state index is 14.2. The first-order valence-corrected chi connectivity index (χ1v) is 10.7. The van der Waals surface area contributed by atoms with E-state index in [1.807, 2.05) is 31.3 Å². The van der Waals surface area contributed by atoms with E-state index in [1.165, 1.54) is 6.07 Å². The quantitative estimate of drug-likeness (QED) is 0.525. The van der Waals surface area contributed by atoms with Gasteiger partial charge in [0, 0.05) is 24.1 Å². The van der Waals surface area contributed by atoms with E-state index in [2.05, 4.69) is 10.6 Å². The topological polar surface area (TPSA) is 87.7 Å². The zero-order valence-electron chi connectivity index (χ0n) is 18.9. The molecule has 0 heterocycles. The molecule has 0 radical (unpaired) electrons. The summed E-state index contributed by atoms with van der Waals surface area (Å²) >= 11 is 0. The number of amides is 1. The summed E-state index contributed by atoms with van der Waals surface area (Å²) in [6.45, 7) is 0.209. The Hall–Kier alpha value is -3.14. The number of carbonyl (C=O) groups excluding carboxylic acids is 1. The highest BCUT2D eigenvalue weighted by atomic mass is 19.4. The summed E-state index contributed by atoms with van der Waals surface area (Å²) in [5, 5.41) is 13.3. The number of ether oxygens (including phenoxy) is 1. The fourth-order valence-corrected chi connectivity index (χ4v) is 3.64. The summed E-state index contributed by atoms with van der Waals surface area (Å²) < 4.78 is 51.1. The molecule has 186 valence electrons. The van der Waals surface area contributed by atoms with Crippen molar-refractivity contribution in [3.8, 4) is 16.9 Å². The lowest BCUT2D eigenvalue weighted by molar-refractivity contribution is -0.192. The van der Waals surface area contributed by atoms with Crippen LogP contribution in [0.1, 0.15) is 31.2 Å². The lowest BCUT2D eigenvalue weighted by Gasteiger charge is -2.27. The molecule has 1 amide bonds. The second-order valence-corrected chi connectivity index (χ2v) is 7.89. The third-order valence-corrected chi connectivity index (χ3v) is 5.67. The minimum Gasteiger partial charge on any atom is -0.497 e. The van der Waals surface area contributed by atoms with Gasteiger partial charge in [0.25, 0.3) is 0 Å². The van der Waals surface area contributed by atoms with Crippen molar-refractivity contribution in [2.24, 2.45) is 5.92 Å². The Bertz CT molecular complexity index is 956. The van der Waals surface area contributed by atoms with Crippen molar-refractivity contribution in [2.45, 2.75) is 44.4 Å². The Kier molecular flexibility index (Phi) is 9.85. The number of carboxylic acids is 1. The van der Waals surface area contributed by atoms with E-state index in [4.69, 9.17) is 14.6 Å². The molecule has 1 aliphatic rings. The number of hydrogen-bond donors (Lipinski definition) is 3. The summed E-state index contributed by atoms with van der Waals surface area (Å²) in [5.74, 6) is -2.22. The average molecular weight is 484 g/mol. The van der Waals surface area contributed by atoms with Gasteiger partial charge in [-0.05, 0) is 68.1 Å². The Balaban J connectivity index is 0.000000509. The van der Waals surface area contributed by atoms with Crippen LogP contribution in [0.5, 0.6) is 5.75 Å². The van der Waals surface area contributed by atoms with Crippen molar-refractivity contribution >= 4 is 11.9 Å². The first-order chi connectivity index (χ1) is 16.0. The number of carboxylic acid groups (broad SMARTS) is 1. The zero-order valence-corrected chi connectivity index (χ0v) is 18.9. The van der Waals surface area contributed by atoms with Gasteiger partial charge in [-0.25, -0.2) is 9.18 Å². The summed E-state index contributed by atoms with van der Waals surface area (Å²) in [7, 11) is 3.59. The molecular formula is C24H28F4N2O4. The van der Waals surface area contributed by atoms with Gasteiger partial charge in [0.2, 0.25) is 5.91 Å². The van der Waals surface area contributed by atoms with Crippen molar-refractivity contribution in [1.82, 2.24) is 10.6 Å². The molecular weight excluding hydrogens is 456 g/mol. The van der Waals surface area contributed by atoms with Crippen molar-refractivity contribution in [1.29, 1.82) is 0 Å². The first kappa shape index (κ1) is 27.1. The van der Waals surface area contributed by atoms with Gasteiger partial charge in [-0.1, -0.05) is 18.2 Å². The SMILES string of the molecule is CNC1CCC(C(=O)NCc2cc(-c3ccc(OC)cc3)ccc2F)CC1.O=C(O)C(F)(F)F. The maximum Gasteiger partial charge on any atom is 0.490 e. The van der Waals surface area contributed by atoms with E-state index >= 15 is 0 Å². The molecule has 3 N–H and O–H groups in total. The number of rotatable bonds is 6. The Morgan fingerprint density at radius 3 is 2.09 bits per heavy atom. The zero-order chi connectivity index (χ0) is 25.3.